The Labute approximate surface area is 256 Å². The summed E-state index contributed by atoms with van der Waals surface area (Å²) in [5, 5.41) is 11.7. The Kier molecular flexibility index (Phi) is 10.4. The van der Waals surface area contributed by atoms with E-state index in [1.165, 1.54) is 6.26 Å². The lowest BCUT2D eigenvalue weighted by Gasteiger charge is -2.29. The molecule has 44 heavy (non-hydrogen) atoms. The van der Waals surface area contributed by atoms with Crippen LogP contribution in [0.4, 0.5) is 0 Å². The molecular weight excluding hydrogens is 560 g/mol. The highest BCUT2D eigenvalue weighted by atomic mass is 16.3. The first-order chi connectivity index (χ1) is 21.4. The van der Waals surface area contributed by atoms with Crippen LogP contribution in [0.3, 0.4) is 0 Å². The minimum atomic E-state index is -1.23. The number of para-hydroxylation sites is 1. The van der Waals surface area contributed by atoms with Gasteiger partial charge >= 0.3 is 0 Å². The number of nitrogens with one attached hydrogen (secondary N) is 4. The number of furan rings is 1. The van der Waals surface area contributed by atoms with Gasteiger partial charge in [0.15, 0.2) is 0 Å². The maximum Gasteiger partial charge on any atom is 0.289 e. The second kappa shape index (κ2) is 14.8. The number of ketones is 1. The van der Waals surface area contributed by atoms with Crippen LogP contribution in [0.25, 0.3) is 11.0 Å². The Morgan fingerprint density at radius 1 is 0.841 bits per heavy atom. The van der Waals surface area contributed by atoms with Crippen molar-refractivity contribution in [2.75, 3.05) is 6.54 Å². The summed E-state index contributed by atoms with van der Waals surface area (Å²) in [7, 11) is 0. The van der Waals surface area contributed by atoms with Gasteiger partial charge in [0.2, 0.25) is 17.6 Å². The number of fused-ring (bicyclic) bond motifs is 1. The number of carbonyl (C=O) groups excluding carboxylic acids is 5. The minimum absolute atomic E-state index is 0.00831. The van der Waals surface area contributed by atoms with Crippen molar-refractivity contribution in [2.24, 2.45) is 11.8 Å². The first-order valence-corrected chi connectivity index (χ1v) is 15.6. The molecule has 4 amide bonds. The van der Waals surface area contributed by atoms with Crippen molar-refractivity contribution in [3.63, 3.8) is 0 Å². The summed E-state index contributed by atoms with van der Waals surface area (Å²) < 4.78 is 5.55. The van der Waals surface area contributed by atoms with E-state index >= 15 is 0 Å². The number of rotatable bonds is 12. The standard InChI is InChI=1S/C34H40N4O6/c39-30(34(43)36-20-23-12-5-2-6-13-23)27(19-24-14-9-17-35-31(24)40)37-33(42)28(18-22-10-3-1-4-11-22)38-32(41)26-21-44-29-16-8-7-15-25(26)29/h2,5-8,12-13,15-16,21-22,24,27-28H,1,3-4,9-11,14,17-20H2,(H,35,40)(H,36,43)(H,37,42)(H,38,41)/t24-,27-,28?/m0/s1. The average molecular weight is 601 g/mol. The molecule has 1 saturated carbocycles. The maximum atomic E-state index is 13.9. The Balaban J connectivity index is 1.34. The van der Waals surface area contributed by atoms with Crippen LogP contribution in [0.1, 0.15) is 73.7 Å². The number of hydrogen-bond acceptors (Lipinski definition) is 6. The SMILES string of the molecule is O=C(NCc1ccccc1)C(=O)[C@H](C[C@@H]1CCCNC1=O)NC(=O)C(CC1CCCCC1)NC(=O)c1coc2ccccc12. The van der Waals surface area contributed by atoms with E-state index in [2.05, 4.69) is 21.3 Å². The van der Waals surface area contributed by atoms with Gasteiger partial charge in [0, 0.05) is 24.4 Å². The van der Waals surface area contributed by atoms with Gasteiger partial charge in [-0.1, -0.05) is 80.6 Å². The van der Waals surface area contributed by atoms with E-state index in [1.807, 2.05) is 36.4 Å². The molecule has 4 N–H and O–H groups in total. The Hall–Kier alpha value is -4.47. The summed E-state index contributed by atoms with van der Waals surface area (Å²) in [5.41, 5.74) is 1.70. The fraction of sp³-hybridized carbons (Fsp3) is 0.441. The van der Waals surface area contributed by atoms with Crippen molar-refractivity contribution in [3.8, 4) is 0 Å². The largest absolute Gasteiger partial charge is 0.463 e. The maximum absolute atomic E-state index is 13.9. The Morgan fingerprint density at radius 3 is 2.36 bits per heavy atom. The quantitative estimate of drug-likeness (QED) is 0.233. The van der Waals surface area contributed by atoms with Gasteiger partial charge in [0.1, 0.15) is 17.9 Å². The molecule has 2 aromatic carbocycles. The minimum Gasteiger partial charge on any atom is -0.463 e. The number of piperidine rings is 1. The number of benzene rings is 2. The van der Waals surface area contributed by atoms with E-state index in [-0.39, 0.29) is 24.8 Å². The fourth-order valence-corrected chi connectivity index (χ4v) is 6.25. The number of hydrogen-bond donors (Lipinski definition) is 4. The molecule has 2 fully saturated rings. The third-order valence-corrected chi connectivity index (χ3v) is 8.71. The molecule has 0 bridgehead atoms. The fourth-order valence-electron chi connectivity index (χ4n) is 6.25. The van der Waals surface area contributed by atoms with Crippen molar-refractivity contribution in [2.45, 2.75) is 76.4 Å². The summed E-state index contributed by atoms with van der Waals surface area (Å²) in [6.45, 7) is 0.699. The molecule has 2 aliphatic rings. The zero-order valence-corrected chi connectivity index (χ0v) is 24.8. The van der Waals surface area contributed by atoms with Crippen LogP contribution >= 0.6 is 0 Å². The highest BCUT2D eigenvalue weighted by molar-refractivity contribution is 6.38. The first kappa shape index (κ1) is 31.0. The van der Waals surface area contributed by atoms with E-state index in [1.54, 1.807) is 18.2 Å². The molecule has 1 aromatic heterocycles. The molecule has 0 spiro atoms. The van der Waals surface area contributed by atoms with E-state index in [4.69, 9.17) is 4.42 Å². The summed E-state index contributed by atoms with van der Waals surface area (Å²) in [4.78, 5) is 66.4. The highest BCUT2D eigenvalue weighted by Gasteiger charge is 2.35. The van der Waals surface area contributed by atoms with Gasteiger partial charge in [-0.15, -0.1) is 0 Å². The smallest absolute Gasteiger partial charge is 0.289 e. The van der Waals surface area contributed by atoms with Crippen molar-refractivity contribution in [1.82, 2.24) is 21.3 Å². The molecule has 232 valence electrons. The summed E-state index contributed by atoms with van der Waals surface area (Å²) in [6.07, 6.45) is 8.19. The highest BCUT2D eigenvalue weighted by Crippen LogP contribution is 2.28. The third-order valence-electron chi connectivity index (χ3n) is 8.71. The Bertz CT molecular complexity index is 1480. The van der Waals surface area contributed by atoms with Crippen molar-refractivity contribution in [1.29, 1.82) is 0 Å². The molecule has 0 radical (unpaired) electrons. The molecule has 3 aromatic rings. The van der Waals surface area contributed by atoms with Gasteiger partial charge in [0.05, 0.1) is 11.6 Å². The molecule has 2 heterocycles. The molecule has 10 heteroatoms. The van der Waals surface area contributed by atoms with E-state index < -0.39 is 41.5 Å². The normalized spacial score (nSPS) is 18.5. The van der Waals surface area contributed by atoms with Crippen LogP contribution < -0.4 is 21.3 Å². The van der Waals surface area contributed by atoms with Crippen LogP contribution in [-0.2, 0) is 25.7 Å². The molecule has 1 aliphatic heterocycles. The van der Waals surface area contributed by atoms with Crippen LogP contribution in [0.15, 0.2) is 65.3 Å². The number of amides is 4. The van der Waals surface area contributed by atoms with Gasteiger partial charge in [-0.25, -0.2) is 0 Å². The second-order valence-electron chi connectivity index (χ2n) is 11.9. The van der Waals surface area contributed by atoms with Crippen molar-refractivity contribution in [3.05, 3.63) is 72.0 Å². The molecule has 10 nitrogen and oxygen atoms in total. The number of carbonyl (C=O) groups is 5. The monoisotopic (exact) mass is 600 g/mol. The Morgan fingerprint density at radius 2 is 1.59 bits per heavy atom. The average Bonchev–Trinajstić information content (AvgIpc) is 3.49. The predicted molar refractivity (Wildman–Crippen MR) is 164 cm³/mol. The lowest BCUT2D eigenvalue weighted by atomic mass is 9.84. The van der Waals surface area contributed by atoms with Crippen molar-refractivity contribution < 1.29 is 28.4 Å². The molecule has 1 unspecified atom stereocenters. The number of Topliss-reactive ketones (excluding diaryl/α,β-unsaturated/α-hetero) is 1. The summed E-state index contributed by atoms with van der Waals surface area (Å²) in [6, 6.07) is 14.2. The topological polar surface area (TPSA) is 147 Å². The van der Waals surface area contributed by atoms with Gasteiger partial charge in [-0.05, 0) is 43.2 Å². The van der Waals surface area contributed by atoms with Gasteiger partial charge < -0.3 is 25.7 Å². The third kappa shape index (κ3) is 7.92. The molecule has 3 atom stereocenters. The van der Waals surface area contributed by atoms with E-state index in [9.17, 15) is 24.0 Å². The molecular formula is C34H40N4O6. The van der Waals surface area contributed by atoms with Crippen LogP contribution in [0.5, 0.6) is 0 Å². The molecule has 5 rings (SSSR count). The van der Waals surface area contributed by atoms with Gasteiger partial charge in [0.25, 0.3) is 11.8 Å². The first-order valence-electron chi connectivity index (χ1n) is 15.6. The van der Waals surface area contributed by atoms with Crippen molar-refractivity contribution >= 4 is 40.4 Å². The van der Waals surface area contributed by atoms with E-state index in [0.29, 0.717) is 35.9 Å². The summed E-state index contributed by atoms with van der Waals surface area (Å²) >= 11 is 0. The second-order valence-corrected chi connectivity index (χ2v) is 11.9. The zero-order valence-electron chi connectivity index (χ0n) is 24.8. The van der Waals surface area contributed by atoms with Crippen LogP contribution in [0.2, 0.25) is 0 Å². The molecule has 1 aliphatic carbocycles. The summed E-state index contributed by atoms with van der Waals surface area (Å²) in [5.74, 6) is -3.17. The molecule has 1 saturated heterocycles. The predicted octanol–water partition coefficient (Wildman–Crippen LogP) is 3.79. The van der Waals surface area contributed by atoms with Gasteiger partial charge in [-0.3, -0.25) is 24.0 Å². The zero-order chi connectivity index (χ0) is 30.9. The van der Waals surface area contributed by atoms with E-state index in [0.717, 1.165) is 44.1 Å². The lowest BCUT2D eigenvalue weighted by Crippen LogP contribution is -2.55. The van der Waals surface area contributed by atoms with Gasteiger partial charge in [-0.2, -0.15) is 0 Å². The lowest BCUT2D eigenvalue weighted by molar-refractivity contribution is -0.141. The van der Waals surface area contributed by atoms with Crippen LogP contribution in [0, 0.1) is 11.8 Å². The van der Waals surface area contributed by atoms with Crippen LogP contribution in [-0.4, -0.2) is 48.0 Å².